The fourth-order valence-electron chi connectivity index (χ4n) is 0.649. The van der Waals surface area contributed by atoms with Crippen molar-refractivity contribution in [3.05, 3.63) is 0 Å². The van der Waals surface area contributed by atoms with Crippen molar-refractivity contribution < 1.29 is 15.0 Å². The van der Waals surface area contributed by atoms with Crippen molar-refractivity contribution in [1.82, 2.24) is 9.62 Å². The predicted molar refractivity (Wildman–Crippen MR) is 57.1 cm³/mol. The van der Waals surface area contributed by atoms with E-state index < -0.39 is 17.7 Å². The van der Waals surface area contributed by atoms with Crippen LogP contribution in [0.4, 0.5) is 4.79 Å². The maximum atomic E-state index is 11.4. The van der Waals surface area contributed by atoms with Gasteiger partial charge in [-0.3, -0.25) is 4.31 Å². The van der Waals surface area contributed by atoms with E-state index in [0.717, 1.165) is 0 Å². The fraction of sp³-hybridized carbons (Fsp3) is 0.875. The highest BCUT2D eigenvalue weighted by atomic mass is 32.1. The maximum absolute atomic E-state index is 11.4. The number of nitrogens with zero attached hydrogens (tertiary/aromatic N) is 1. The molecule has 1 atom stereocenters. The number of carbonyl (C=O) groups excluding carboxylic acids is 1. The lowest BCUT2D eigenvalue weighted by atomic mass is 10.1. The van der Waals surface area contributed by atoms with Gasteiger partial charge in [0.2, 0.25) is 0 Å². The minimum atomic E-state index is -0.930. The molecule has 0 saturated heterocycles. The number of amides is 2. The van der Waals surface area contributed by atoms with E-state index in [4.69, 9.17) is 10.2 Å². The van der Waals surface area contributed by atoms with Gasteiger partial charge >= 0.3 is 6.03 Å². The van der Waals surface area contributed by atoms with Crippen LogP contribution < -0.4 is 5.32 Å². The molecule has 0 rings (SSSR count). The topological polar surface area (TPSA) is 72.8 Å². The third-order valence-electron chi connectivity index (χ3n) is 1.53. The number of thiol groups is 1. The molecule has 14 heavy (non-hydrogen) atoms. The largest absolute Gasteiger partial charge is 0.394 e. The van der Waals surface area contributed by atoms with Gasteiger partial charge in [-0.15, -0.1) is 0 Å². The highest BCUT2D eigenvalue weighted by Gasteiger charge is 2.23. The highest BCUT2D eigenvalue weighted by Crippen LogP contribution is 2.14. The molecule has 84 valence electrons. The number of nitrogens with one attached hydrogen (secondary N) is 1. The molecule has 3 N–H and O–H groups in total. The molecule has 0 aliphatic carbocycles. The lowest BCUT2D eigenvalue weighted by Crippen LogP contribution is -2.46. The van der Waals surface area contributed by atoms with E-state index >= 15 is 0 Å². The molecule has 5 nitrogen and oxygen atoms in total. The molecule has 1 unspecified atom stereocenters. The lowest BCUT2D eigenvalue weighted by Gasteiger charge is -2.30. The van der Waals surface area contributed by atoms with E-state index in [9.17, 15) is 4.79 Å². The second-order valence-electron chi connectivity index (χ2n) is 4.01. The molecule has 0 aromatic heterocycles. The van der Waals surface area contributed by atoms with Gasteiger partial charge in [-0.2, -0.15) is 0 Å². The second kappa shape index (κ2) is 5.43. The SMILES string of the molecule is CC(C)(C)N(S)C(=O)NCC(O)CO. The van der Waals surface area contributed by atoms with Gasteiger partial charge < -0.3 is 15.5 Å². The first-order valence-corrected chi connectivity index (χ1v) is 4.75. The van der Waals surface area contributed by atoms with E-state index in [0.29, 0.717) is 0 Å². The average molecular weight is 222 g/mol. The van der Waals surface area contributed by atoms with Crippen molar-refractivity contribution in [2.45, 2.75) is 32.4 Å². The van der Waals surface area contributed by atoms with Crippen LogP contribution in [-0.2, 0) is 0 Å². The number of aliphatic hydroxyl groups excluding tert-OH is 2. The molecular weight excluding hydrogens is 204 g/mol. The van der Waals surface area contributed by atoms with Crippen LogP contribution in [0.5, 0.6) is 0 Å². The zero-order valence-corrected chi connectivity index (χ0v) is 9.58. The summed E-state index contributed by atoms with van der Waals surface area (Å²) in [5, 5.41) is 19.9. The smallest absolute Gasteiger partial charge is 0.327 e. The van der Waals surface area contributed by atoms with Crippen molar-refractivity contribution in [2.75, 3.05) is 13.2 Å². The van der Waals surface area contributed by atoms with Gasteiger partial charge in [0.15, 0.2) is 0 Å². The summed E-state index contributed by atoms with van der Waals surface area (Å²) in [6, 6.07) is -0.395. The minimum Gasteiger partial charge on any atom is -0.394 e. The van der Waals surface area contributed by atoms with E-state index in [1.54, 1.807) is 0 Å². The molecule has 0 aromatic carbocycles. The number of hydrogen-bond acceptors (Lipinski definition) is 4. The molecule has 6 heteroatoms. The lowest BCUT2D eigenvalue weighted by molar-refractivity contribution is 0.0944. The Morgan fingerprint density at radius 3 is 2.43 bits per heavy atom. The first-order chi connectivity index (χ1) is 6.29. The molecule has 0 heterocycles. The predicted octanol–water partition coefficient (Wildman–Crippen LogP) is -0.00550. The molecule has 0 saturated carbocycles. The van der Waals surface area contributed by atoms with Crippen molar-refractivity contribution in [1.29, 1.82) is 0 Å². The number of hydrogen-bond donors (Lipinski definition) is 4. The number of aliphatic hydroxyl groups is 2. The van der Waals surface area contributed by atoms with Gasteiger partial charge in [0.1, 0.15) is 0 Å². The second-order valence-corrected chi connectivity index (χ2v) is 4.41. The zero-order chi connectivity index (χ0) is 11.4. The molecule has 0 aliphatic heterocycles. The Labute approximate surface area is 89.6 Å². The summed E-state index contributed by atoms with van der Waals surface area (Å²) in [6.07, 6.45) is -0.930. The van der Waals surface area contributed by atoms with Crippen LogP contribution in [0.25, 0.3) is 0 Å². The molecule has 0 radical (unpaired) electrons. The monoisotopic (exact) mass is 222 g/mol. The van der Waals surface area contributed by atoms with E-state index in [1.165, 1.54) is 4.31 Å². The molecule has 0 bridgehead atoms. The Morgan fingerprint density at radius 2 is 2.07 bits per heavy atom. The van der Waals surface area contributed by atoms with Gasteiger partial charge in [0.25, 0.3) is 0 Å². The average Bonchev–Trinajstić information content (AvgIpc) is 2.10. The van der Waals surface area contributed by atoms with Crippen LogP contribution in [-0.4, -0.2) is 45.3 Å². The summed E-state index contributed by atoms with van der Waals surface area (Å²) in [5.41, 5.74) is -0.392. The third kappa shape index (κ3) is 4.69. The summed E-state index contributed by atoms with van der Waals surface area (Å²) in [7, 11) is 0. The van der Waals surface area contributed by atoms with Crippen molar-refractivity contribution >= 4 is 18.8 Å². The number of rotatable bonds is 3. The number of carbonyl (C=O) groups is 1. The highest BCUT2D eigenvalue weighted by molar-refractivity contribution is 7.78. The Bertz CT molecular complexity index is 194. The van der Waals surface area contributed by atoms with Crippen molar-refractivity contribution in [3.63, 3.8) is 0 Å². The Morgan fingerprint density at radius 1 is 1.57 bits per heavy atom. The third-order valence-corrected chi connectivity index (χ3v) is 2.31. The summed E-state index contributed by atoms with van der Waals surface area (Å²) < 4.78 is 1.23. The van der Waals surface area contributed by atoms with Crippen LogP contribution >= 0.6 is 12.8 Å². The normalized spacial score (nSPS) is 13.6. The minimum absolute atomic E-state index is 0.0163. The summed E-state index contributed by atoms with van der Waals surface area (Å²) >= 11 is 4.01. The molecule has 0 aromatic rings. The van der Waals surface area contributed by atoms with Crippen molar-refractivity contribution in [3.8, 4) is 0 Å². The van der Waals surface area contributed by atoms with Crippen LogP contribution in [0.1, 0.15) is 20.8 Å². The standard InChI is InChI=1S/C8H18N2O3S/c1-8(2,3)10(14)7(13)9-4-6(12)5-11/h6,11-12,14H,4-5H2,1-3H3,(H,9,13). The fourth-order valence-corrected chi connectivity index (χ4v) is 0.720. The number of urea groups is 1. The molecular formula is C8H18N2O3S. The first kappa shape index (κ1) is 13.5. The molecule has 2 amide bonds. The van der Waals surface area contributed by atoms with Crippen LogP contribution in [0.2, 0.25) is 0 Å². The molecule has 0 spiro atoms. The maximum Gasteiger partial charge on any atom is 0.327 e. The van der Waals surface area contributed by atoms with Crippen molar-refractivity contribution in [2.24, 2.45) is 0 Å². The van der Waals surface area contributed by atoms with Gasteiger partial charge in [-0.1, -0.05) is 12.8 Å². The zero-order valence-electron chi connectivity index (χ0n) is 8.69. The van der Waals surface area contributed by atoms with Gasteiger partial charge in [-0.25, -0.2) is 4.79 Å². The summed E-state index contributed by atoms with van der Waals surface area (Å²) in [5.74, 6) is 0. The Kier molecular flexibility index (Phi) is 5.25. The molecule has 0 aliphatic rings. The van der Waals surface area contributed by atoms with Crippen LogP contribution in [0.15, 0.2) is 0 Å². The van der Waals surface area contributed by atoms with E-state index in [-0.39, 0.29) is 13.2 Å². The van der Waals surface area contributed by atoms with Gasteiger partial charge in [0, 0.05) is 12.1 Å². The first-order valence-electron chi connectivity index (χ1n) is 4.35. The summed E-state index contributed by atoms with van der Waals surface area (Å²) in [4.78, 5) is 11.4. The summed E-state index contributed by atoms with van der Waals surface area (Å²) in [6.45, 7) is 5.15. The Hall–Kier alpha value is -0.460. The van der Waals surface area contributed by atoms with E-state index in [2.05, 4.69) is 18.1 Å². The Balaban J connectivity index is 3.97. The van der Waals surface area contributed by atoms with Gasteiger partial charge in [-0.05, 0) is 20.8 Å². The molecule has 0 fully saturated rings. The van der Waals surface area contributed by atoms with Gasteiger partial charge in [0.05, 0.1) is 12.7 Å². The van der Waals surface area contributed by atoms with Crippen LogP contribution in [0, 0.1) is 0 Å². The van der Waals surface area contributed by atoms with E-state index in [1.807, 2.05) is 20.8 Å². The van der Waals surface area contributed by atoms with Crippen LogP contribution in [0.3, 0.4) is 0 Å². The quantitative estimate of drug-likeness (QED) is 0.508.